The lowest BCUT2D eigenvalue weighted by atomic mass is 9.99. The topological polar surface area (TPSA) is 148 Å². The van der Waals surface area contributed by atoms with Crippen molar-refractivity contribution in [3.63, 3.8) is 0 Å². The standard InChI is InChI=1S/C8H15N3O6/c9-11-10-1-2-16-8-7(15)6(14)5(13)4(3-12)17-8/h4-8,12-15H,1-3H2/t4?,5-,6?,7-,8+/m1/s1. The zero-order valence-electron chi connectivity index (χ0n) is 8.96. The van der Waals surface area contributed by atoms with E-state index in [1.54, 1.807) is 0 Å². The van der Waals surface area contributed by atoms with Gasteiger partial charge in [0, 0.05) is 11.5 Å². The number of ether oxygens (including phenoxy) is 2. The van der Waals surface area contributed by atoms with E-state index in [4.69, 9.17) is 20.1 Å². The van der Waals surface area contributed by atoms with Crippen LogP contribution >= 0.6 is 0 Å². The van der Waals surface area contributed by atoms with Crippen molar-refractivity contribution in [1.82, 2.24) is 0 Å². The molecule has 98 valence electrons. The van der Waals surface area contributed by atoms with E-state index in [1.807, 2.05) is 0 Å². The Labute approximate surface area is 96.8 Å². The van der Waals surface area contributed by atoms with Crippen molar-refractivity contribution in [2.75, 3.05) is 19.8 Å². The molecule has 1 heterocycles. The summed E-state index contributed by atoms with van der Waals surface area (Å²) in [5.41, 5.74) is 8.03. The van der Waals surface area contributed by atoms with Gasteiger partial charge >= 0.3 is 0 Å². The molecule has 5 atom stereocenters. The summed E-state index contributed by atoms with van der Waals surface area (Å²) in [5, 5.41) is 40.5. The highest BCUT2D eigenvalue weighted by Gasteiger charge is 2.43. The van der Waals surface area contributed by atoms with Gasteiger partial charge in [-0.1, -0.05) is 5.11 Å². The summed E-state index contributed by atoms with van der Waals surface area (Å²) in [6.45, 7) is -0.473. The smallest absolute Gasteiger partial charge is 0.186 e. The van der Waals surface area contributed by atoms with Gasteiger partial charge in [0.2, 0.25) is 0 Å². The van der Waals surface area contributed by atoms with Crippen LogP contribution < -0.4 is 0 Å². The van der Waals surface area contributed by atoms with Crippen molar-refractivity contribution >= 4 is 0 Å². The predicted octanol–water partition coefficient (Wildman–Crippen LogP) is -1.89. The number of hydrogen-bond acceptors (Lipinski definition) is 7. The van der Waals surface area contributed by atoms with Crippen LogP contribution in [0.25, 0.3) is 10.4 Å². The van der Waals surface area contributed by atoms with E-state index in [9.17, 15) is 15.3 Å². The van der Waals surface area contributed by atoms with Crippen molar-refractivity contribution < 1.29 is 29.9 Å². The second-order valence-corrected chi connectivity index (χ2v) is 3.52. The lowest BCUT2D eigenvalue weighted by Gasteiger charge is -2.39. The van der Waals surface area contributed by atoms with E-state index in [-0.39, 0.29) is 13.2 Å². The summed E-state index contributed by atoms with van der Waals surface area (Å²) in [5.74, 6) is 0. The molecular weight excluding hydrogens is 234 g/mol. The first-order valence-corrected chi connectivity index (χ1v) is 5.04. The quantitative estimate of drug-likeness (QED) is 0.194. The molecule has 1 saturated heterocycles. The fraction of sp³-hybridized carbons (Fsp3) is 1.00. The first kappa shape index (κ1) is 14.1. The summed E-state index contributed by atoms with van der Waals surface area (Å²) in [6.07, 6.45) is -6.49. The maximum atomic E-state index is 9.53. The van der Waals surface area contributed by atoms with Gasteiger partial charge in [0.15, 0.2) is 6.29 Å². The summed E-state index contributed by atoms with van der Waals surface area (Å²) in [4.78, 5) is 2.51. The van der Waals surface area contributed by atoms with Gasteiger partial charge in [-0.25, -0.2) is 0 Å². The molecule has 1 aliphatic rings. The Kier molecular flexibility index (Phi) is 5.59. The maximum absolute atomic E-state index is 9.53. The molecule has 1 fully saturated rings. The molecule has 9 nitrogen and oxygen atoms in total. The van der Waals surface area contributed by atoms with Gasteiger partial charge in [-0.05, 0) is 5.53 Å². The van der Waals surface area contributed by atoms with Gasteiger partial charge in [0.25, 0.3) is 0 Å². The Balaban J connectivity index is 2.50. The molecule has 17 heavy (non-hydrogen) atoms. The van der Waals surface area contributed by atoms with Gasteiger partial charge in [-0.2, -0.15) is 0 Å². The molecule has 0 radical (unpaired) electrons. The van der Waals surface area contributed by atoms with Crippen LogP contribution in [0, 0.1) is 0 Å². The number of hydrogen-bond donors (Lipinski definition) is 4. The molecule has 0 bridgehead atoms. The molecule has 0 aromatic heterocycles. The number of aliphatic hydroxyl groups excluding tert-OH is 4. The van der Waals surface area contributed by atoms with Crippen LogP contribution in [-0.2, 0) is 9.47 Å². The highest BCUT2D eigenvalue weighted by Crippen LogP contribution is 2.21. The minimum Gasteiger partial charge on any atom is -0.394 e. The van der Waals surface area contributed by atoms with Crippen LogP contribution in [-0.4, -0.2) is 70.9 Å². The normalized spacial score (nSPS) is 37.5. The van der Waals surface area contributed by atoms with Crippen molar-refractivity contribution in [1.29, 1.82) is 0 Å². The van der Waals surface area contributed by atoms with Crippen LogP contribution in [0.4, 0.5) is 0 Å². The third-order valence-corrected chi connectivity index (χ3v) is 2.39. The summed E-state index contributed by atoms with van der Waals surface area (Å²) in [7, 11) is 0. The average Bonchev–Trinajstić information content (AvgIpc) is 2.34. The van der Waals surface area contributed by atoms with Gasteiger partial charge in [0.1, 0.15) is 24.4 Å². The molecule has 4 N–H and O–H groups in total. The van der Waals surface area contributed by atoms with Crippen molar-refractivity contribution in [3.8, 4) is 0 Å². The number of rotatable bonds is 5. The lowest BCUT2D eigenvalue weighted by Crippen LogP contribution is -2.59. The third-order valence-electron chi connectivity index (χ3n) is 2.39. The molecule has 0 amide bonds. The summed E-state index contributed by atoms with van der Waals surface area (Å²) in [6, 6.07) is 0. The van der Waals surface area contributed by atoms with E-state index in [1.165, 1.54) is 0 Å². The second-order valence-electron chi connectivity index (χ2n) is 3.52. The van der Waals surface area contributed by atoms with Gasteiger partial charge in [-0.3, -0.25) is 0 Å². The Hall–Kier alpha value is -0.930. The Morgan fingerprint density at radius 1 is 1.24 bits per heavy atom. The highest BCUT2D eigenvalue weighted by molar-refractivity contribution is 4.88. The number of nitrogens with zero attached hydrogens (tertiary/aromatic N) is 3. The van der Waals surface area contributed by atoms with Gasteiger partial charge in [-0.15, -0.1) is 0 Å². The summed E-state index contributed by atoms with van der Waals surface area (Å²) < 4.78 is 10.1. The van der Waals surface area contributed by atoms with Crippen molar-refractivity contribution in [3.05, 3.63) is 10.4 Å². The SMILES string of the molecule is [N-]=[N+]=NCCO[C@H]1OC(CO)[C@@H](O)C(O)[C@H]1O. The molecule has 9 heteroatoms. The van der Waals surface area contributed by atoms with Crippen LogP contribution in [0.2, 0.25) is 0 Å². The Morgan fingerprint density at radius 2 is 1.94 bits per heavy atom. The van der Waals surface area contributed by atoms with Crippen LogP contribution in [0.5, 0.6) is 0 Å². The van der Waals surface area contributed by atoms with Crippen molar-refractivity contribution in [2.24, 2.45) is 5.11 Å². The van der Waals surface area contributed by atoms with Gasteiger partial charge < -0.3 is 29.9 Å². The molecular formula is C8H15N3O6. The van der Waals surface area contributed by atoms with Crippen molar-refractivity contribution in [2.45, 2.75) is 30.7 Å². The predicted molar refractivity (Wildman–Crippen MR) is 53.7 cm³/mol. The van der Waals surface area contributed by atoms with Crippen LogP contribution in [0.3, 0.4) is 0 Å². The molecule has 0 aromatic carbocycles. The zero-order chi connectivity index (χ0) is 12.8. The zero-order valence-corrected chi connectivity index (χ0v) is 8.96. The number of aliphatic hydroxyl groups is 4. The average molecular weight is 249 g/mol. The first-order valence-electron chi connectivity index (χ1n) is 5.04. The molecule has 1 aliphatic heterocycles. The van der Waals surface area contributed by atoms with Crippen LogP contribution in [0.15, 0.2) is 5.11 Å². The molecule has 0 spiro atoms. The first-order chi connectivity index (χ1) is 8.11. The summed E-state index contributed by atoms with van der Waals surface area (Å²) >= 11 is 0. The molecule has 2 unspecified atom stereocenters. The van der Waals surface area contributed by atoms with E-state index < -0.39 is 37.3 Å². The Morgan fingerprint density at radius 3 is 2.53 bits per heavy atom. The second kappa shape index (κ2) is 6.72. The van der Waals surface area contributed by atoms with E-state index in [0.29, 0.717) is 0 Å². The molecule has 0 aromatic rings. The highest BCUT2D eigenvalue weighted by atomic mass is 16.7. The fourth-order valence-electron chi connectivity index (χ4n) is 1.46. The molecule has 1 rings (SSSR count). The third kappa shape index (κ3) is 3.51. The van der Waals surface area contributed by atoms with E-state index >= 15 is 0 Å². The van der Waals surface area contributed by atoms with E-state index in [0.717, 1.165) is 0 Å². The number of azide groups is 1. The van der Waals surface area contributed by atoms with Gasteiger partial charge in [0.05, 0.1) is 13.2 Å². The largest absolute Gasteiger partial charge is 0.394 e. The minimum atomic E-state index is -1.47. The molecule has 0 aliphatic carbocycles. The lowest BCUT2D eigenvalue weighted by molar-refractivity contribution is -0.300. The van der Waals surface area contributed by atoms with Crippen LogP contribution in [0.1, 0.15) is 0 Å². The molecule has 0 saturated carbocycles. The minimum absolute atomic E-state index is 0.00719. The van der Waals surface area contributed by atoms with E-state index in [2.05, 4.69) is 10.0 Å². The monoisotopic (exact) mass is 249 g/mol. The maximum Gasteiger partial charge on any atom is 0.186 e. The Bertz CT molecular complexity index is 282. The fourth-order valence-corrected chi connectivity index (χ4v) is 1.46.